The molecule has 0 N–H and O–H groups in total. The molecule has 2 atom stereocenters. The van der Waals surface area contributed by atoms with Gasteiger partial charge in [0.05, 0.1) is 0 Å². The number of carbonyl (C=O) groups excluding carboxylic acids is 1. The Bertz CT molecular complexity index is 346. The molecule has 0 saturated carbocycles. The summed E-state index contributed by atoms with van der Waals surface area (Å²) in [6.07, 6.45) is 0.662. The third-order valence-corrected chi connectivity index (χ3v) is 6.90. The number of hydrogen-bond donors (Lipinski definition) is 0. The molecule has 0 amide bonds. The van der Waals surface area contributed by atoms with E-state index in [2.05, 4.69) is 0 Å². The average Bonchev–Trinajstić information content (AvgIpc) is 2.48. The summed E-state index contributed by atoms with van der Waals surface area (Å²) in [6.45, 7) is 17.4. The van der Waals surface area contributed by atoms with E-state index in [0.29, 0.717) is 19.3 Å². The first-order valence-corrected chi connectivity index (χ1v) is 11.3. The summed E-state index contributed by atoms with van der Waals surface area (Å²) >= 11 is 0. The quantitative estimate of drug-likeness (QED) is 0.272. The SMILES string of the molecule is CCC(=O)OC(CC)OC(CC)[Si](OC(C)C)(OC(C)C)OC(C)C. The lowest BCUT2D eigenvalue weighted by atomic mass is 10.4. The highest BCUT2D eigenvalue weighted by Gasteiger charge is 2.53. The van der Waals surface area contributed by atoms with Crippen LogP contribution in [0.5, 0.6) is 0 Å². The summed E-state index contributed by atoms with van der Waals surface area (Å²) in [4.78, 5) is 11.6. The molecule has 2 unspecified atom stereocenters. The molecule has 0 saturated heterocycles. The zero-order chi connectivity index (χ0) is 19.6. The molecule has 0 aliphatic carbocycles. The average molecular weight is 379 g/mol. The summed E-state index contributed by atoms with van der Waals surface area (Å²) in [6, 6.07) is 0. The van der Waals surface area contributed by atoms with Crippen molar-refractivity contribution in [1.82, 2.24) is 0 Å². The van der Waals surface area contributed by atoms with Gasteiger partial charge in [-0.1, -0.05) is 20.8 Å². The van der Waals surface area contributed by atoms with Gasteiger partial charge in [-0.15, -0.1) is 0 Å². The Morgan fingerprint density at radius 2 is 1.24 bits per heavy atom. The second-order valence-corrected chi connectivity index (χ2v) is 9.38. The second-order valence-electron chi connectivity index (χ2n) is 6.82. The summed E-state index contributed by atoms with van der Waals surface area (Å²) in [7, 11) is -3.17. The van der Waals surface area contributed by atoms with Crippen molar-refractivity contribution >= 4 is 14.8 Å². The number of ether oxygens (including phenoxy) is 2. The summed E-state index contributed by atoms with van der Waals surface area (Å²) in [5.41, 5.74) is -0.408. The topological polar surface area (TPSA) is 63.2 Å². The zero-order valence-corrected chi connectivity index (χ0v) is 18.5. The maximum absolute atomic E-state index is 11.6. The van der Waals surface area contributed by atoms with Crippen molar-refractivity contribution in [2.75, 3.05) is 0 Å². The van der Waals surface area contributed by atoms with Crippen molar-refractivity contribution in [2.45, 2.75) is 112 Å². The normalized spacial score (nSPS) is 15.0. The Labute approximate surface area is 154 Å². The molecule has 0 aromatic carbocycles. The van der Waals surface area contributed by atoms with E-state index in [1.54, 1.807) is 6.92 Å². The first-order valence-electron chi connectivity index (χ1n) is 9.48. The largest absolute Gasteiger partial charge is 0.532 e. The highest BCUT2D eigenvalue weighted by Crippen LogP contribution is 2.27. The minimum Gasteiger partial charge on any atom is -0.436 e. The van der Waals surface area contributed by atoms with Crippen LogP contribution in [0.3, 0.4) is 0 Å². The van der Waals surface area contributed by atoms with E-state index in [1.807, 2.05) is 55.4 Å². The molecule has 0 fully saturated rings. The number of carbonyl (C=O) groups is 1. The Kier molecular flexibility index (Phi) is 11.8. The number of rotatable bonds is 13. The van der Waals surface area contributed by atoms with Gasteiger partial charge in [0.15, 0.2) is 0 Å². The Balaban J connectivity index is 5.58. The molecular weight excluding hydrogens is 340 g/mol. The maximum atomic E-state index is 11.6. The maximum Gasteiger partial charge on any atom is 0.532 e. The highest BCUT2D eigenvalue weighted by atomic mass is 28.4. The molecule has 0 rings (SSSR count). The Hall–Kier alpha value is -0.473. The van der Waals surface area contributed by atoms with Crippen molar-refractivity contribution in [1.29, 1.82) is 0 Å². The van der Waals surface area contributed by atoms with E-state index < -0.39 is 20.8 Å². The van der Waals surface area contributed by atoms with E-state index in [9.17, 15) is 4.79 Å². The van der Waals surface area contributed by atoms with E-state index in [-0.39, 0.29) is 24.3 Å². The van der Waals surface area contributed by atoms with Crippen LogP contribution < -0.4 is 0 Å². The van der Waals surface area contributed by atoms with E-state index in [4.69, 9.17) is 22.8 Å². The van der Waals surface area contributed by atoms with Crippen molar-refractivity contribution in [3.05, 3.63) is 0 Å². The lowest BCUT2D eigenvalue weighted by molar-refractivity contribution is -0.191. The summed E-state index contributed by atoms with van der Waals surface area (Å²) in [5, 5.41) is 0. The van der Waals surface area contributed by atoms with Gasteiger partial charge in [0.2, 0.25) is 6.29 Å². The van der Waals surface area contributed by atoms with Gasteiger partial charge in [-0.3, -0.25) is 4.79 Å². The Morgan fingerprint density at radius 3 is 1.52 bits per heavy atom. The Morgan fingerprint density at radius 1 is 0.800 bits per heavy atom. The van der Waals surface area contributed by atoms with Crippen LogP contribution in [0.4, 0.5) is 0 Å². The van der Waals surface area contributed by atoms with E-state index in [1.165, 1.54) is 0 Å². The summed E-state index contributed by atoms with van der Waals surface area (Å²) < 4.78 is 30.2. The van der Waals surface area contributed by atoms with Crippen molar-refractivity contribution in [2.24, 2.45) is 0 Å². The van der Waals surface area contributed by atoms with Gasteiger partial charge >= 0.3 is 14.8 Å². The molecule has 6 nitrogen and oxygen atoms in total. The highest BCUT2D eigenvalue weighted by molar-refractivity contribution is 6.62. The van der Waals surface area contributed by atoms with Crippen molar-refractivity contribution in [3.8, 4) is 0 Å². The van der Waals surface area contributed by atoms with E-state index >= 15 is 0 Å². The minimum absolute atomic E-state index is 0.0694. The van der Waals surface area contributed by atoms with Gasteiger partial charge < -0.3 is 22.8 Å². The first kappa shape index (κ1) is 24.5. The molecular formula is C18H38O6Si. The van der Waals surface area contributed by atoms with Crippen LogP contribution in [0.25, 0.3) is 0 Å². The second kappa shape index (κ2) is 12.0. The molecule has 0 heterocycles. The van der Waals surface area contributed by atoms with Crippen LogP contribution in [0.15, 0.2) is 0 Å². The van der Waals surface area contributed by atoms with Crippen molar-refractivity contribution < 1.29 is 27.5 Å². The fraction of sp³-hybridized carbons (Fsp3) is 0.944. The van der Waals surface area contributed by atoms with Gasteiger partial charge in [-0.2, -0.15) is 0 Å². The van der Waals surface area contributed by atoms with Gasteiger partial charge in [0.1, 0.15) is 5.73 Å². The van der Waals surface area contributed by atoms with Crippen LogP contribution in [0.2, 0.25) is 0 Å². The smallest absolute Gasteiger partial charge is 0.436 e. The minimum atomic E-state index is -3.17. The lowest BCUT2D eigenvalue weighted by Crippen LogP contribution is -2.61. The molecule has 0 bridgehead atoms. The molecule has 0 radical (unpaired) electrons. The predicted octanol–water partition coefficient (Wildman–Crippen LogP) is 4.22. The predicted molar refractivity (Wildman–Crippen MR) is 100 cm³/mol. The molecule has 7 heteroatoms. The first-order chi connectivity index (χ1) is 11.6. The monoisotopic (exact) mass is 378 g/mol. The summed E-state index contributed by atoms with van der Waals surface area (Å²) in [5.74, 6) is -0.284. The number of esters is 1. The van der Waals surface area contributed by atoms with E-state index in [0.717, 1.165) is 0 Å². The third kappa shape index (κ3) is 9.15. The van der Waals surface area contributed by atoms with Gasteiger partial charge in [0.25, 0.3) is 0 Å². The van der Waals surface area contributed by atoms with Crippen LogP contribution in [0, 0.1) is 0 Å². The molecule has 0 aromatic heterocycles. The van der Waals surface area contributed by atoms with Gasteiger partial charge in [-0.25, -0.2) is 0 Å². The van der Waals surface area contributed by atoms with Crippen molar-refractivity contribution in [3.63, 3.8) is 0 Å². The van der Waals surface area contributed by atoms with Gasteiger partial charge in [-0.05, 0) is 48.0 Å². The van der Waals surface area contributed by atoms with Crippen LogP contribution >= 0.6 is 0 Å². The molecule has 0 aliphatic heterocycles. The van der Waals surface area contributed by atoms with Gasteiger partial charge in [0, 0.05) is 31.2 Å². The number of hydrogen-bond acceptors (Lipinski definition) is 6. The standard InChI is InChI=1S/C18H38O6Si/c1-10-16(19)20-17(11-2)21-18(12-3)25(22-13(4)5,23-14(6)7)24-15(8)9/h13-15,17-18H,10-12H2,1-9H3. The van der Waals surface area contributed by atoms with Crippen LogP contribution in [-0.2, 0) is 27.5 Å². The molecule has 150 valence electrons. The van der Waals surface area contributed by atoms with Crippen LogP contribution in [0.1, 0.15) is 81.6 Å². The molecule has 0 aliphatic rings. The fourth-order valence-electron chi connectivity index (χ4n) is 2.35. The zero-order valence-electron chi connectivity index (χ0n) is 17.5. The molecule has 0 spiro atoms. The van der Waals surface area contributed by atoms with Crippen LogP contribution in [-0.4, -0.2) is 45.1 Å². The molecule has 0 aromatic rings. The molecule has 25 heavy (non-hydrogen) atoms. The third-order valence-electron chi connectivity index (χ3n) is 3.17. The lowest BCUT2D eigenvalue weighted by Gasteiger charge is -2.40. The fourth-order valence-corrected chi connectivity index (χ4v) is 5.76.